The summed E-state index contributed by atoms with van der Waals surface area (Å²) in [7, 11) is 0. The van der Waals surface area contributed by atoms with E-state index in [9.17, 15) is 0 Å². The maximum absolute atomic E-state index is 5.96. The van der Waals surface area contributed by atoms with Crippen molar-refractivity contribution in [3.05, 3.63) is 78.3 Å². The average Bonchev–Trinajstić information content (AvgIpc) is 3.26. The Balaban J connectivity index is 1.51. The summed E-state index contributed by atoms with van der Waals surface area (Å²) >= 11 is 0. The SMILES string of the molecule is c1ccc(-c2cnc(CN3CCCC3c3ccccc3)o2)cc1. The van der Waals surface area contributed by atoms with Gasteiger partial charge in [0, 0.05) is 11.6 Å². The summed E-state index contributed by atoms with van der Waals surface area (Å²) in [4.78, 5) is 6.94. The third kappa shape index (κ3) is 3.06. The molecule has 0 N–H and O–H groups in total. The van der Waals surface area contributed by atoms with Crippen LogP contribution in [0.5, 0.6) is 0 Å². The Morgan fingerprint density at radius 3 is 2.52 bits per heavy atom. The molecule has 0 amide bonds. The lowest BCUT2D eigenvalue weighted by Crippen LogP contribution is -2.22. The van der Waals surface area contributed by atoms with Crippen molar-refractivity contribution in [1.82, 2.24) is 9.88 Å². The molecule has 1 aliphatic rings. The first-order valence-corrected chi connectivity index (χ1v) is 8.19. The number of benzene rings is 2. The van der Waals surface area contributed by atoms with Gasteiger partial charge in [-0.15, -0.1) is 0 Å². The lowest BCUT2D eigenvalue weighted by molar-refractivity contribution is 0.224. The highest BCUT2D eigenvalue weighted by atomic mass is 16.4. The molecule has 1 aromatic heterocycles. The molecule has 1 aliphatic heterocycles. The first-order valence-electron chi connectivity index (χ1n) is 8.19. The van der Waals surface area contributed by atoms with Gasteiger partial charge in [-0.3, -0.25) is 4.90 Å². The van der Waals surface area contributed by atoms with Gasteiger partial charge in [0.05, 0.1) is 12.7 Å². The van der Waals surface area contributed by atoms with E-state index in [4.69, 9.17) is 4.42 Å². The lowest BCUT2D eigenvalue weighted by atomic mass is 10.0. The van der Waals surface area contributed by atoms with Crippen molar-refractivity contribution < 1.29 is 4.42 Å². The van der Waals surface area contributed by atoms with E-state index in [0.717, 1.165) is 30.3 Å². The summed E-state index contributed by atoms with van der Waals surface area (Å²) in [6, 6.07) is 21.4. The molecule has 1 fully saturated rings. The standard InChI is InChI=1S/C20H20N2O/c1-3-8-16(9-4-1)18-12-7-13-22(18)15-20-21-14-19(23-20)17-10-5-2-6-11-17/h1-6,8-11,14,18H,7,12-13,15H2. The molecule has 2 heterocycles. The largest absolute Gasteiger partial charge is 0.439 e. The van der Waals surface area contributed by atoms with E-state index in [1.807, 2.05) is 36.5 Å². The summed E-state index contributed by atoms with van der Waals surface area (Å²) in [6.07, 6.45) is 4.26. The van der Waals surface area contributed by atoms with E-state index in [1.165, 1.54) is 18.4 Å². The molecule has 116 valence electrons. The van der Waals surface area contributed by atoms with Gasteiger partial charge in [-0.25, -0.2) is 4.98 Å². The lowest BCUT2D eigenvalue weighted by Gasteiger charge is -2.23. The Labute approximate surface area is 136 Å². The number of hydrogen-bond acceptors (Lipinski definition) is 3. The number of oxazole rings is 1. The van der Waals surface area contributed by atoms with E-state index >= 15 is 0 Å². The molecule has 2 aromatic carbocycles. The summed E-state index contributed by atoms with van der Waals surface area (Å²) in [6.45, 7) is 1.87. The van der Waals surface area contributed by atoms with Crippen LogP contribution >= 0.6 is 0 Å². The third-order valence-corrected chi connectivity index (χ3v) is 4.50. The zero-order chi connectivity index (χ0) is 15.5. The fourth-order valence-corrected chi connectivity index (χ4v) is 3.36. The molecule has 4 rings (SSSR count). The molecule has 0 spiro atoms. The molecule has 0 bridgehead atoms. The summed E-state index contributed by atoms with van der Waals surface area (Å²) in [5.74, 6) is 1.64. The Bertz CT molecular complexity index is 752. The molecule has 3 aromatic rings. The van der Waals surface area contributed by atoms with E-state index in [2.05, 4.69) is 40.2 Å². The molecule has 23 heavy (non-hydrogen) atoms. The molecule has 1 atom stereocenters. The van der Waals surface area contributed by atoms with Crippen LogP contribution in [0.4, 0.5) is 0 Å². The zero-order valence-electron chi connectivity index (χ0n) is 13.1. The highest BCUT2D eigenvalue weighted by molar-refractivity contribution is 5.55. The second-order valence-electron chi connectivity index (χ2n) is 6.02. The van der Waals surface area contributed by atoms with Crippen molar-refractivity contribution in [3.8, 4) is 11.3 Å². The van der Waals surface area contributed by atoms with Gasteiger partial charge in [-0.2, -0.15) is 0 Å². The van der Waals surface area contributed by atoms with E-state index in [0.29, 0.717) is 6.04 Å². The van der Waals surface area contributed by atoms with Crippen LogP contribution < -0.4 is 0 Å². The second-order valence-corrected chi connectivity index (χ2v) is 6.02. The van der Waals surface area contributed by atoms with Crippen LogP contribution in [0.25, 0.3) is 11.3 Å². The van der Waals surface area contributed by atoms with Crippen molar-refractivity contribution in [1.29, 1.82) is 0 Å². The predicted octanol–water partition coefficient (Wildman–Crippen LogP) is 4.68. The first-order chi connectivity index (χ1) is 11.4. The van der Waals surface area contributed by atoms with Crippen molar-refractivity contribution >= 4 is 0 Å². The van der Waals surface area contributed by atoms with Crippen LogP contribution in [0.15, 0.2) is 71.3 Å². The molecular weight excluding hydrogens is 284 g/mol. The normalized spacial score (nSPS) is 18.3. The fourth-order valence-electron chi connectivity index (χ4n) is 3.36. The quantitative estimate of drug-likeness (QED) is 0.701. The van der Waals surface area contributed by atoms with Crippen molar-refractivity contribution in [2.75, 3.05) is 6.54 Å². The number of hydrogen-bond donors (Lipinski definition) is 0. The first kappa shape index (κ1) is 14.2. The molecule has 3 heteroatoms. The molecule has 1 unspecified atom stereocenters. The minimum atomic E-state index is 0.475. The summed E-state index contributed by atoms with van der Waals surface area (Å²) < 4.78 is 5.96. The van der Waals surface area contributed by atoms with Crippen LogP contribution in [-0.2, 0) is 6.54 Å². The highest BCUT2D eigenvalue weighted by Gasteiger charge is 2.27. The highest BCUT2D eigenvalue weighted by Crippen LogP contribution is 2.33. The zero-order valence-corrected chi connectivity index (χ0v) is 13.1. The molecule has 0 saturated carbocycles. The average molecular weight is 304 g/mol. The number of aromatic nitrogens is 1. The van der Waals surface area contributed by atoms with Gasteiger partial charge >= 0.3 is 0 Å². The molecule has 0 aliphatic carbocycles. The molecule has 1 saturated heterocycles. The monoisotopic (exact) mass is 304 g/mol. The minimum absolute atomic E-state index is 0.475. The topological polar surface area (TPSA) is 29.3 Å². The summed E-state index contributed by atoms with van der Waals surface area (Å²) in [5.41, 5.74) is 2.46. The van der Waals surface area contributed by atoms with Crippen LogP contribution in [0.3, 0.4) is 0 Å². The van der Waals surface area contributed by atoms with Crippen LogP contribution in [-0.4, -0.2) is 16.4 Å². The molecule has 0 radical (unpaired) electrons. The van der Waals surface area contributed by atoms with Crippen molar-refractivity contribution in [2.24, 2.45) is 0 Å². The smallest absolute Gasteiger partial charge is 0.209 e. The predicted molar refractivity (Wildman–Crippen MR) is 90.8 cm³/mol. The van der Waals surface area contributed by atoms with Crippen molar-refractivity contribution in [3.63, 3.8) is 0 Å². The van der Waals surface area contributed by atoms with Gasteiger partial charge in [-0.05, 0) is 24.9 Å². The maximum atomic E-state index is 5.96. The van der Waals surface area contributed by atoms with Crippen LogP contribution in [0, 0.1) is 0 Å². The molecular formula is C20H20N2O. The van der Waals surface area contributed by atoms with Gasteiger partial charge in [-0.1, -0.05) is 60.7 Å². The second kappa shape index (κ2) is 6.39. The number of rotatable bonds is 4. The van der Waals surface area contributed by atoms with E-state index in [1.54, 1.807) is 0 Å². The Morgan fingerprint density at radius 1 is 1.00 bits per heavy atom. The Kier molecular flexibility index (Phi) is 3.95. The Hall–Kier alpha value is -2.39. The van der Waals surface area contributed by atoms with Gasteiger partial charge in [0.2, 0.25) is 5.89 Å². The number of likely N-dealkylation sites (tertiary alicyclic amines) is 1. The summed E-state index contributed by atoms with van der Waals surface area (Å²) in [5, 5.41) is 0. The van der Waals surface area contributed by atoms with Crippen LogP contribution in [0.1, 0.15) is 30.3 Å². The van der Waals surface area contributed by atoms with Crippen molar-refractivity contribution in [2.45, 2.75) is 25.4 Å². The maximum Gasteiger partial charge on any atom is 0.209 e. The Morgan fingerprint density at radius 2 is 1.74 bits per heavy atom. The van der Waals surface area contributed by atoms with Gasteiger partial charge in [0.15, 0.2) is 5.76 Å². The third-order valence-electron chi connectivity index (χ3n) is 4.50. The fraction of sp³-hybridized carbons (Fsp3) is 0.250. The van der Waals surface area contributed by atoms with E-state index < -0.39 is 0 Å². The van der Waals surface area contributed by atoms with Gasteiger partial charge < -0.3 is 4.42 Å². The van der Waals surface area contributed by atoms with Gasteiger partial charge in [0.25, 0.3) is 0 Å². The molecule has 3 nitrogen and oxygen atoms in total. The van der Waals surface area contributed by atoms with Gasteiger partial charge in [0.1, 0.15) is 0 Å². The minimum Gasteiger partial charge on any atom is -0.439 e. The van der Waals surface area contributed by atoms with Crippen LogP contribution in [0.2, 0.25) is 0 Å². The van der Waals surface area contributed by atoms with E-state index in [-0.39, 0.29) is 0 Å². The number of nitrogens with zero attached hydrogens (tertiary/aromatic N) is 2.